The van der Waals surface area contributed by atoms with Crippen LogP contribution in [0.15, 0.2) is 24.3 Å². The van der Waals surface area contributed by atoms with Crippen molar-refractivity contribution in [2.45, 2.75) is 26.5 Å². The Morgan fingerprint density at radius 2 is 2.10 bits per heavy atom. The summed E-state index contributed by atoms with van der Waals surface area (Å²) in [5.74, 6) is -0.0949. The number of rotatable bonds is 9. The van der Waals surface area contributed by atoms with Crippen molar-refractivity contribution in [1.82, 2.24) is 10.6 Å². The fraction of sp³-hybridized carbons (Fsp3) is 0.467. The molecule has 5 nitrogen and oxygen atoms in total. The second kappa shape index (κ2) is 9.96. The Morgan fingerprint density at radius 3 is 2.80 bits per heavy atom. The van der Waals surface area contributed by atoms with Crippen LogP contribution in [0.3, 0.4) is 0 Å². The molecule has 0 bridgehead atoms. The third kappa shape index (κ3) is 6.32. The highest BCUT2D eigenvalue weighted by Gasteiger charge is 2.03. The van der Waals surface area contributed by atoms with Gasteiger partial charge < -0.3 is 15.4 Å². The van der Waals surface area contributed by atoms with Gasteiger partial charge in [-0.15, -0.1) is 0 Å². The van der Waals surface area contributed by atoms with Crippen molar-refractivity contribution >= 4 is 5.91 Å². The summed E-state index contributed by atoms with van der Waals surface area (Å²) in [6.45, 7) is 4.50. The average molecular weight is 275 g/mol. The van der Waals surface area contributed by atoms with Crippen molar-refractivity contribution in [2.75, 3.05) is 19.7 Å². The number of nitriles is 1. The molecule has 0 atom stereocenters. The van der Waals surface area contributed by atoms with E-state index >= 15 is 0 Å². The predicted octanol–water partition coefficient (Wildman–Crippen LogP) is 1.34. The highest BCUT2D eigenvalue weighted by molar-refractivity contribution is 5.77. The van der Waals surface area contributed by atoms with Crippen LogP contribution in [0.2, 0.25) is 0 Å². The Labute approximate surface area is 119 Å². The SMILES string of the molecule is CCOCc1ccccc1CNCC(=O)NCCC#N. The van der Waals surface area contributed by atoms with Crippen LogP contribution in [0.5, 0.6) is 0 Å². The summed E-state index contributed by atoms with van der Waals surface area (Å²) in [5, 5.41) is 14.1. The third-order valence-electron chi connectivity index (χ3n) is 2.74. The number of hydrogen-bond donors (Lipinski definition) is 2. The molecule has 1 rings (SSSR count). The van der Waals surface area contributed by atoms with Gasteiger partial charge in [-0.3, -0.25) is 4.79 Å². The zero-order valence-corrected chi connectivity index (χ0v) is 11.8. The van der Waals surface area contributed by atoms with Crippen LogP contribution in [0.1, 0.15) is 24.5 Å². The van der Waals surface area contributed by atoms with Crippen molar-refractivity contribution in [3.63, 3.8) is 0 Å². The molecule has 0 heterocycles. The molecule has 0 fully saturated rings. The number of carbonyl (C=O) groups excluding carboxylic acids is 1. The highest BCUT2D eigenvalue weighted by Crippen LogP contribution is 2.09. The van der Waals surface area contributed by atoms with Crippen molar-refractivity contribution in [3.8, 4) is 6.07 Å². The topological polar surface area (TPSA) is 74.2 Å². The molecule has 0 aromatic heterocycles. The van der Waals surface area contributed by atoms with Gasteiger partial charge in [0.15, 0.2) is 0 Å². The molecule has 1 aromatic carbocycles. The summed E-state index contributed by atoms with van der Waals surface area (Å²) in [4.78, 5) is 11.5. The molecule has 1 amide bonds. The monoisotopic (exact) mass is 275 g/mol. The van der Waals surface area contributed by atoms with Crippen molar-refractivity contribution in [3.05, 3.63) is 35.4 Å². The van der Waals surface area contributed by atoms with Gasteiger partial charge in [-0.05, 0) is 18.1 Å². The minimum Gasteiger partial charge on any atom is -0.377 e. The Bertz CT molecular complexity index is 455. The zero-order valence-electron chi connectivity index (χ0n) is 11.8. The smallest absolute Gasteiger partial charge is 0.234 e. The number of carbonyl (C=O) groups is 1. The van der Waals surface area contributed by atoms with Crippen LogP contribution < -0.4 is 10.6 Å². The number of benzene rings is 1. The van der Waals surface area contributed by atoms with Gasteiger partial charge in [0, 0.05) is 19.7 Å². The second-order valence-corrected chi connectivity index (χ2v) is 4.27. The molecular formula is C15H21N3O2. The Balaban J connectivity index is 2.34. The van der Waals surface area contributed by atoms with Crippen molar-refractivity contribution in [1.29, 1.82) is 5.26 Å². The van der Waals surface area contributed by atoms with Gasteiger partial charge in [-0.25, -0.2) is 0 Å². The molecule has 0 radical (unpaired) electrons. The highest BCUT2D eigenvalue weighted by atomic mass is 16.5. The normalized spacial score (nSPS) is 10.0. The standard InChI is InChI=1S/C15H21N3O2/c1-2-20-12-14-7-4-3-6-13(14)10-17-11-15(19)18-9-5-8-16/h3-4,6-7,17H,2,5,9-12H2,1H3,(H,18,19). The van der Waals surface area contributed by atoms with E-state index < -0.39 is 0 Å². The van der Waals surface area contributed by atoms with Crippen LogP contribution >= 0.6 is 0 Å². The first kappa shape index (κ1) is 16.2. The predicted molar refractivity (Wildman–Crippen MR) is 76.7 cm³/mol. The van der Waals surface area contributed by atoms with Gasteiger partial charge in [-0.1, -0.05) is 24.3 Å². The first-order valence-electron chi connectivity index (χ1n) is 6.76. The number of nitrogens with one attached hydrogen (secondary N) is 2. The molecular weight excluding hydrogens is 254 g/mol. The van der Waals surface area contributed by atoms with E-state index in [1.165, 1.54) is 0 Å². The van der Waals surface area contributed by atoms with Gasteiger partial charge in [0.2, 0.25) is 5.91 Å². The maximum Gasteiger partial charge on any atom is 0.234 e. The van der Waals surface area contributed by atoms with E-state index in [2.05, 4.69) is 10.6 Å². The van der Waals surface area contributed by atoms with E-state index in [1.807, 2.05) is 37.3 Å². The fourth-order valence-electron chi connectivity index (χ4n) is 1.71. The van der Waals surface area contributed by atoms with Crippen LogP contribution in [0.4, 0.5) is 0 Å². The van der Waals surface area contributed by atoms with Crippen LogP contribution in [0.25, 0.3) is 0 Å². The maximum atomic E-state index is 11.5. The van der Waals surface area contributed by atoms with E-state index in [4.69, 9.17) is 10.00 Å². The molecule has 0 spiro atoms. The molecule has 0 saturated heterocycles. The summed E-state index contributed by atoms with van der Waals surface area (Å²) in [6, 6.07) is 9.98. The summed E-state index contributed by atoms with van der Waals surface area (Å²) in [6.07, 6.45) is 0.336. The average Bonchev–Trinajstić information content (AvgIpc) is 2.46. The largest absolute Gasteiger partial charge is 0.377 e. The Morgan fingerprint density at radius 1 is 1.35 bits per heavy atom. The van der Waals surface area contributed by atoms with E-state index in [1.54, 1.807) is 0 Å². The molecule has 0 aliphatic heterocycles. The summed E-state index contributed by atoms with van der Waals surface area (Å²) in [7, 11) is 0. The molecule has 1 aromatic rings. The fourth-order valence-corrected chi connectivity index (χ4v) is 1.71. The lowest BCUT2D eigenvalue weighted by Gasteiger charge is -2.10. The number of nitrogens with zero attached hydrogens (tertiary/aromatic N) is 1. The lowest BCUT2D eigenvalue weighted by Crippen LogP contribution is -2.34. The van der Waals surface area contributed by atoms with Gasteiger partial charge >= 0.3 is 0 Å². The lowest BCUT2D eigenvalue weighted by atomic mass is 10.1. The summed E-state index contributed by atoms with van der Waals surface area (Å²) < 4.78 is 5.42. The van der Waals surface area contributed by atoms with E-state index in [0.717, 1.165) is 11.1 Å². The van der Waals surface area contributed by atoms with Crippen LogP contribution in [0, 0.1) is 11.3 Å². The second-order valence-electron chi connectivity index (χ2n) is 4.27. The maximum absolute atomic E-state index is 11.5. The minimum absolute atomic E-state index is 0.0949. The lowest BCUT2D eigenvalue weighted by molar-refractivity contribution is -0.120. The van der Waals surface area contributed by atoms with E-state index in [-0.39, 0.29) is 12.5 Å². The summed E-state index contributed by atoms with van der Waals surface area (Å²) >= 11 is 0. The van der Waals surface area contributed by atoms with Gasteiger partial charge in [-0.2, -0.15) is 5.26 Å². The number of ether oxygens (including phenoxy) is 1. The molecule has 108 valence electrons. The summed E-state index contributed by atoms with van der Waals surface area (Å²) in [5.41, 5.74) is 2.26. The molecule has 20 heavy (non-hydrogen) atoms. The van der Waals surface area contributed by atoms with Crippen LogP contribution in [-0.4, -0.2) is 25.6 Å². The van der Waals surface area contributed by atoms with Crippen molar-refractivity contribution < 1.29 is 9.53 Å². The Kier molecular flexibility index (Phi) is 8.04. The van der Waals surface area contributed by atoms with Crippen molar-refractivity contribution in [2.24, 2.45) is 0 Å². The number of amides is 1. The zero-order chi connectivity index (χ0) is 14.6. The molecule has 5 heteroatoms. The molecule has 0 unspecified atom stereocenters. The quantitative estimate of drug-likeness (QED) is 0.667. The molecule has 0 aliphatic carbocycles. The van der Waals surface area contributed by atoms with Gasteiger partial charge in [0.05, 0.1) is 25.6 Å². The van der Waals surface area contributed by atoms with Crippen LogP contribution in [-0.2, 0) is 22.7 Å². The molecule has 0 aliphatic rings. The Hall–Kier alpha value is -1.90. The molecule has 2 N–H and O–H groups in total. The first-order valence-corrected chi connectivity index (χ1v) is 6.76. The third-order valence-corrected chi connectivity index (χ3v) is 2.74. The minimum atomic E-state index is -0.0949. The van der Waals surface area contributed by atoms with E-state index in [0.29, 0.717) is 32.7 Å². The molecule has 0 saturated carbocycles. The number of hydrogen-bond acceptors (Lipinski definition) is 4. The van der Waals surface area contributed by atoms with Gasteiger partial charge in [0.1, 0.15) is 0 Å². The first-order chi connectivity index (χ1) is 9.77. The van der Waals surface area contributed by atoms with Gasteiger partial charge in [0.25, 0.3) is 0 Å². The van der Waals surface area contributed by atoms with E-state index in [9.17, 15) is 4.79 Å².